The molecule has 0 fully saturated rings. The van der Waals surface area contributed by atoms with Gasteiger partial charge in [0.2, 0.25) is 0 Å². The van der Waals surface area contributed by atoms with Crippen molar-refractivity contribution in [2.24, 2.45) is 0 Å². The summed E-state index contributed by atoms with van der Waals surface area (Å²) in [6.45, 7) is 3.82. The lowest BCUT2D eigenvalue weighted by molar-refractivity contribution is 0.0943. The van der Waals surface area contributed by atoms with E-state index in [1.807, 2.05) is 13.8 Å². The molecule has 1 atom stereocenters. The molecule has 0 aliphatic heterocycles. The molecule has 0 radical (unpaired) electrons. The molecule has 0 heterocycles. The molecule has 82 valence electrons. The molecule has 1 unspecified atom stereocenters. The lowest BCUT2D eigenvalue weighted by Crippen LogP contribution is -2.29. The van der Waals surface area contributed by atoms with Crippen LogP contribution < -0.4 is 5.32 Å². The van der Waals surface area contributed by atoms with Crippen molar-refractivity contribution < 1.29 is 9.00 Å². The first-order chi connectivity index (χ1) is 7.00. The molecule has 15 heavy (non-hydrogen) atoms. The molecule has 1 aromatic rings. The number of nitrogens with one attached hydrogen (secondary N) is 1. The van der Waals surface area contributed by atoms with Crippen LogP contribution in [0.3, 0.4) is 0 Å². The highest BCUT2D eigenvalue weighted by Crippen LogP contribution is 2.07. The standard InChI is InChI=1S/C11H15NO2S/c1-8(2)12-11(13)9-4-6-10(7-5-9)15(3)14/h4-8H,1-3H3,(H,12,13). The van der Waals surface area contributed by atoms with Crippen molar-refractivity contribution in [1.29, 1.82) is 0 Å². The molecule has 0 aromatic heterocycles. The van der Waals surface area contributed by atoms with Crippen LogP contribution in [-0.2, 0) is 10.8 Å². The molecular weight excluding hydrogens is 210 g/mol. The van der Waals surface area contributed by atoms with Gasteiger partial charge in [0.1, 0.15) is 0 Å². The van der Waals surface area contributed by atoms with Crippen LogP contribution in [-0.4, -0.2) is 22.4 Å². The Bertz CT molecular complexity index is 371. The lowest BCUT2D eigenvalue weighted by atomic mass is 10.2. The molecule has 1 amide bonds. The Morgan fingerprint density at radius 1 is 1.27 bits per heavy atom. The molecule has 0 aliphatic rings. The third-order valence-electron chi connectivity index (χ3n) is 1.87. The van der Waals surface area contributed by atoms with Gasteiger partial charge in [0.25, 0.3) is 5.91 Å². The van der Waals surface area contributed by atoms with Crippen molar-refractivity contribution in [3.05, 3.63) is 29.8 Å². The average molecular weight is 225 g/mol. The van der Waals surface area contributed by atoms with Gasteiger partial charge in [-0.25, -0.2) is 0 Å². The summed E-state index contributed by atoms with van der Waals surface area (Å²) in [5, 5.41) is 2.79. The van der Waals surface area contributed by atoms with Crippen LogP contribution in [0.5, 0.6) is 0 Å². The van der Waals surface area contributed by atoms with E-state index in [1.54, 1.807) is 30.5 Å². The normalized spacial score (nSPS) is 12.5. The van der Waals surface area contributed by atoms with E-state index in [0.717, 1.165) is 4.90 Å². The van der Waals surface area contributed by atoms with Crippen molar-refractivity contribution in [1.82, 2.24) is 5.32 Å². The summed E-state index contributed by atoms with van der Waals surface area (Å²) < 4.78 is 11.1. The van der Waals surface area contributed by atoms with Crippen molar-refractivity contribution in [3.63, 3.8) is 0 Å². The van der Waals surface area contributed by atoms with Crippen LogP contribution in [0, 0.1) is 0 Å². The van der Waals surface area contributed by atoms with Crippen LogP contribution >= 0.6 is 0 Å². The third-order valence-corrected chi connectivity index (χ3v) is 2.80. The molecule has 3 nitrogen and oxygen atoms in total. The second-order valence-electron chi connectivity index (χ2n) is 3.61. The smallest absolute Gasteiger partial charge is 0.251 e. The van der Waals surface area contributed by atoms with E-state index in [0.29, 0.717) is 5.56 Å². The predicted molar refractivity (Wildman–Crippen MR) is 61.4 cm³/mol. The zero-order valence-corrected chi connectivity index (χ0v) is 9.93. The molecular formula is C11H15NO2S. The van der Waals surface area contributed by atoms with Crippen molar-refractivity contribution in [2.45, 2.75) is 24.8 Å². The van der Waals surface area contributed by atoms with E-state index < -0.39 is 10.8 Å². The van der Waals surface area contributed by atoms with Gasteiger partial charge >= 0.3 is 0 Å². The number of hydrogen-bond acceptors (Lipinski definition) is 2. The van der Waals surface area contributed by atoms with Crippen LogP contribution in [0.2, 0.25) is 0 Å². The number of hydrogen-bond donors (Lipinski definition) is 1. The Balaban J connectivity index is 2.80. The summed E-state index contributed by atoms with van der Waals surface area (Å²) >= 11 is 0. The van der Waals surface area contributed by atoms with E-state index in [4.69, 9.17) is 0 Å². The second-order valence-corrected chi connectivity index (χ2v) is 4.99. The van der Waals surface area contributed by atoms with Gasteiger partial charge in [-0.05, 0) is 38.1 Å². The topological polar surface area (TPSA) is 46.2 Å². The average Bonchev–Trinajstić information content (AvgIpc) is 2.17. The first kappa shape index (κ1) is 11.9. The third kappa shape index (κ3) is 3.47. The number of benzene rings is 1. The Hall–Kier alpha value is -1.16. The van der Waals surface area contributed by atoms with Crippen molar-refractivity contribution in [3.8, 4) is 0 Å². The van der Waals surface area contributed by atoms with Crippen LogP contribution in [0.25, 0.3) is 0 Å². The maximum absolute atomic E-state index is 11.5. The molecule has 0 saturated carbocycles. The second kappa shape index (κ2) is 5.07. The van der Waals surface area contributed by atoms with Crippen molar-refractivity contribution in [2.75, 3.05) is 6.26 Å². The first-order valence-electron chi connectivity index (χ1n) is 4.75. The fraction of sp³-hybridized carbons (Fsp3) is 0.364. The Morgan fingerprint density at radius 2 is 1.80 bits per heavy atom. The van der Waals surface area contributed by atoms with Crippen LogP contribution in [0.15, 0.2) is 29.2 Å². The van der Waals surface area contributed by atoms with Crippen molar-refractivity contribution >= 4 is 16.7 Å². The number of carbonyl (C=O) groups excluding carboxylic acids is 1. The monoisotopic (exact) mass is 225 g/mol. The highest BCUT2D eigenvalue weighted by atomic mass is 32.2. The summed E-state index contributed by atoms with van der Waals surface area (Å²) in [4.78, 5) is 12.3. The quantitative estimate of drug-likeness (QED) is 0.848. The van der Waals surface area contributed by atoms with Gasteiger partial charge in [-0.2, -0.15) is 0 Å². The minimum absolute atomic E-state index is 0.0987. The minimum atomic E-state index is -0.993. The fourth-order valence-electron chi connectivity index (χ4n) is 1.14. The number of amides is 1. The summed E-state index contributed by atoms with van der Waals surface area (Å²) in [5.41, 5.74) is 0.595. The van der Waals surface area contributed by atoms with Crippen LogP contribution in [0.1, 0.15) is 24.2 Å². The summed E-state index contributed by atoms with van der Waals surface area (Å²) in [7, 11) is -0.993. The highest BCUT2D eigenvalue weighted by molar-refractivity contribution is 7.84. The Kier molecular flexibility index (Phi) is 4.03. The molecule has 0 saturated heterocycles. The molecule has 4 heteroatoms. The SMILES string of the molecule is CC(C)NC(=O)c1ccc(S(C)=O)cc1. The fourth-order valence-corrected chi connectivity index (χ4v) is 1.66. The minimum Gasteiger partial charge on any atom is -0.350 e. The zero-order valence-electron chi connectivity index (χ0n) is 9.11. The van der Waals surface area contributed by atoms with E-state index in [1.165, 1.54) is 0 Å². The number of carbonyl (C=O) groups is 1. The Labute approximate surface area is 92.3 Å². The molecule has 1 aromatic carbocycles. The lowest BCUT2D eigenvalue weighted by Gasteiger charge is -2.08. The Morgan fingerprint density at radius 3 is 2.20 bits per heavy atom. The molecule has 0 bridgehead atoms. The maximum atomic E-state index is 11.5. The van der Waals surface area contributed by atoms with Gasteiger partial charge in [-0.3, -0.25) is 9.00 Å². The van der Waals surface area contributed by atoms with Gasteiger partial charge in [-0.1, -0.05) is 0 Å². The summed E-state index contributed by atoms with van der Waals surface area (Å²) in [6, 6.07) is 6.93. The van der Waals surface area contributed by atoms with Gasteiger partial charge in [0.15, 0.2) is 0 Å². The van der Waals surface area contributed by atoms with Gasteiger partial charge in [-0.15, -0.1) is 0 Å². The predicted octanol–water partition coefficient (Wildman–Crippen LogP) is 1.56. The highest BCUT2D eigenvalue weighted by Gasteiger charge is 2.06. The summed E-state index contributed by atoms with van der Waals surface area (Å²) in [5.74, 6) is -0.0987. The molecule has 1 rings (SSSR count). The first-order valence-corrected chi connectivity index (χ1v) is 6.31. The zero-order chi connectivity index (χ0) is 11.4. The van der Waals surface area contributed by atoms with E-state index in [9.17, 15) is 9.00 Å². The summed E-state index contributed by atoms with van der Waals surface area (Å²) in [6.07, 6.45) is 1.61. The van der Waals surface area contributed by atoms with E-state index in [-0.39, 0.29) is 11.9 Å². The molecule has 1 N–H and O–H groups in total. The number of rotatable bonds is 3. The van der Waals surface area contributed by atoms with Gasteiger partial charge in [0, 0.05) is 33.6 Å². The molecule has 0 aliphatic carbocycles. The molecule has 0 spiro atoms. The largest absolute Gasteiger partial charge is 0.350 e. The van der Waals surface area contributed by atoms with Gasteiger partial charge in [0.05, 0.1) is 0 Å². The van der Waals surface area contributed by atoms with Crippen LogP contribution in [0.4, 0.5) is 0 Å². The van der Waals surface area contributed by atoms with Gasteiger partial charge < -0.3 is 5.32 Å². The maximum Gasteiger partial charge on any atom is 0.251 e. The van der Waals surface area contributed by atoms with E-state index >= 15 is 0 Å². The van der Waals surface area contributed by atoms with E-state index in [2.05, 4.69) is 5.32 Å².